The van der Waals surface area contributed by atoms with E-state index in [1.54, 1.807) is 26.2 Å². The van der Waals surface area contributed by atoms with Gasteiger partial charge in [0.1, 0.15) is 0 Å². The summed E-state index contributed by atoms with van der Waals surface area (Å²) in [5.74, 6) is -5.24. The van der Waals surface area contributed by atoms with Crippen LogP contribution in [0.3, 0.4) is 0 Å². The maximum absolute atomic E-state index is 13.1. The fraction of sp³-hybridized carbons (Fsp3) is 1.00. The van der Waals surface area contributed by atoms with Crippen LogP contribution in [0.4, 0.5) is 17.6 Å². The predicted molar refractivity (Wildman–Crippen MR) is 62.7 cm³/mol. The first-order chi connectivity index (χ1) is 7.39. The fourth-order valence-corrected chi connectivity index (χ4v) is 12.9. The molecule has 2 fully saturated rings. The van der Waals surface area contributed by atoms with Crippen molar-refractivity contribution in [3.63, 3.8) is 0 Å². The normalized spacial score (nSPS) is 34.6. The van der Waals surface area contributed by atoms with Crippen molar-refractivity contribution in [2.75, 3.05) is 0 Å². The van der Waals surface area contributed by atoms with Crippen molar-refractivity contribution in [3.05, 3.63) is 0 Å². The summed E-state index contributed by atoms with van der Waals surface area (Å²) < 4.78 is 58.1. The van der Waals surface area contributed by atoms with Gasteiger partial charge in [-0.15, -0.1) is 0 Å². The highest BCUT2D eigenvalue weighted by Gasteiger charge is 2.70. The third kappa shape index (κ3) is 2.46. The molecule has 0 aliphatic heterocycles. The fourth-order valence-electron chi connectivity index (χ4n) is 2.76. The lowest BCUT2D eigenvalue weighted by Crippen LogP contribution is -2.46. The van der Waals surface area contributed by atoms with Crippen LogP contribution in [0.2, 0.25) is 37.3 Å². The van der Waals surface area contributed by atoms with Crippen LogP contribution in [0.25, 0.3) is 0 Å². The molecule has 0 bridgehead atoms. The van der Waals surface area contributed by atoms with Crippen molar-refractivity contribution in [2.45, 2.75) is 62.0 Å². The summed E-state index contributed by atoms with van der Waals surface area (Å²) in [6.45, 7) is 6.92. The second-order valence-corrected chi connectivity index (χ2v) is 15.0. The second-order valence-electron chi connectivity index (χ2n) is 6.34. The third-order valence-corrected chi connectivity index (χ3v) is 12.7. The molecule has 0 aromatic rings. The Morgan fingerprint density at radius 1 is 0.824 bits per heavy atom. The van der Waals surface area contributed by atoms with Gasteiger partial charge >= 0.3 is 0 Å². The molecule has 0 aromatic carbocycles. The molecule has 2 atom stereocenters. The molecule has 1 nitrogen and oxygen atoms in total. The Hall–Kier alpha value is 0.114. The van der Waals surface area contributed by atoms with Gasteiger partial charge < -0.3 is 4.12 Å². The van der Waals surface area contributed by atoms with E-state index in [1.807, 2.05) is 0 Å². The first-order valence-corrected chi connectivity index (χ1v) is 11.8. The van der Waals surface area contributed by atoms with Crippen LogP contribution in [0.1, 0.15) is 12.8 Å². The first-order valence-electron chi connectivity index (χ1n) is 5.84. The quantitative estimate of drug-likeness (QED) is 0.555. The van der Waals surface area contributed by atoms with Gasteiger partial charge in [-0.3, -0.25) is 0 Å². The minimum Gasteiger partial charge on any atom is -0.455 e. The van der Waals surface area contributed by atoms with E-state index in [-0.39, 0.29) is 12.8 Å². The Kier molecular flexibility index (Phi) is 2.67. The van der Waals surface area contributed by atoms with Gasteiger partial charge in [0.25, 0.3) is 11.8 Å². The molecule has 0 radical (unpaired) electrons. The topological polar surface area (TPSA) is 9.23 Å². The van der Waals surface area contributed by atoms with E-state index in [0.29, 0.717) is 0 Å². The maximum Gasteiger partial charge on any atom is 0.251 e. The number of hydrogen-bond donors (Lipinski definition) is 0. The molecule has 2 rings (SSSR count). The summed E-state index contributed by atoms with van der Waals surface area (Å²) in [5, 5.41) is 0. The van der Waals surface area contributed by atoms with Gasteiger partial charge in [0.2, 0.25) is 0 Å². The van der Waals surface area contributed by atoms with E-state index in [0.717, 1.165) is 0 Å². The van der Waals surface area contributed by atoms with Crippen LogP contribution >= 0.6 is 0 Å². The Morgan fingerprint density at radius 2 is 1.06 bits per heavy atom. The summed E-state index contributed by atoms with van der Waals surface area (Å²) in [4.78, 5) is 0. The van der Waals surface area contributed by atoms with Crippen molar-refractivity contribution >= 4 is 16.6 Å². The molecular formula is C10H18F4OSi2. The van der Waals surface area contributed by atoms with E-state index >= 15 is 0 Å². The van der Waals surface area contributed by atoms with E-state index in [9.17, 15) is 17.6 Å². The smallest absolute Gasteiger partial charge is 0.251 e. The maximum atomic E-state index is 13.1. The molecule has 0 N–H and O–H groups in total. The number of alkyl halides is 4. The molecule has 0 spiro atoms. The first kappa shape index (κ1) is 13.5. The Morgan fingerprint density at radius 3 is 1.24 bits per heavy atom. The van der Waals surface area contributed by atoms with Crippen LogP contribution < -0.4 is 0 Å². The number of halogens is 4. The molecule has 2 aliphatic carbocycles. The van der Waals surface area contributed by atoms with Crippen molar-refractivity contribution in [3.8, 4) is 0 Å². The van der Waals surface area contributed by atoms with E-state index < -0.39 is 39.6 Å². The molecule has 2 unspecified atom stereocenters. The van der Waals surface area contributed by atoms with Gasteiger partial charge in [0, 0.05) is 23.9 Å². The van der Waals surface area contributed by atoms with Gasteiger partial charge in [-0.1, -0.05) is 0 Å². The lowest BCUT2D eigenvalue weighted by atomic mass is 10.8. The van der Waals surface area contributed by atoms with E-state index in [1.165, 1.54) is 0 Å². The van der Waals surface area contributed by atoms with Gasteiger partial charge in [-0.2, -0.15) is 0 Å². The lowest BCUT2D eigenvalue weighted by molar-refractivity contribution is 0.116. The Balaban J connectivity index is 2.01. The summed E-state index contributed by atoms with van der Waals surface area (Å²) in [6, 6.07) is 0. The monoisotopic (exact) mass is 286 g/mol. The lowest BCUT2D eigenvalue weighted by Gasteiger charge is -2.34. The molecule has 2 aliphatic rings. The molecule has 0 heterocycles. The zero-order chi connectivity index (χ0) is 13.3. The van der Waals surface area contributed by atoms with Crippen LogP contribution in [0.15, 0.2) is 0 Å². The van der Waals surface area contributed by atoms with Crippen LogP contribution in [0, 0.1) is 0 Å². The Labute approximate surface area is 101 Å². The number of rotatable bonds is 4. The molecule has 7 heteroatoms. The minimum absolute atomic E-state index is 0.127. The Bertz CT molecular complexity index is 311. The molecule has 2 saturated carbocycles. The van der Waals surface area contributed by atoms with Gasteiger partial charge in [0.15, 0.2) is 16.6 Å². The highest BCUT2D eigenvalue weighted by atomic mass is 28.4. The summed E-state index contributed by atoms with van der Waals surface area (Å²) in [5.41, 5.74) is -1.37. The zero-order valence-electron chi connectivity index (χ0n) is 10.5. The highest BCUT2D eigenvalue weighted by molar-refractivity contribution is 6.87. The van der Waals surface area contributed by atoms with Gasteiger partial charge in [0.05, 0.1) is 0 Å². The predicted octanol–water partition coefficient (Wildman–Crippen LogP) is 4.23. The average molecular weight is 286 g/mol. The van der Waals surface area contributed by atoms with Crippen LogP contribution in [-0.4, -0.2) is 28.5 Å². The summed E-state index contributed by atoms with van der Waals surface area (Å²) in [7, 11) is -5.09. The highest BCUT2D eigenvalue weighted by Crippen LogP contribution is 2.63. The standard InChI is InChI=1S/C10H18F4OSi2/c1-16(2,7-5-9(7,11)12)15-17(3,4)8-6-10(8,13)14/h7-8H,5-6H2,1-4H3. The van der Waals surface area contributed by atoms with Crippen LogP contribution in [-0.2, 0) is 4.12 Å². The van der Waals surface area contributed by atoms with Crippen molar-refractivity contribution < 1.29 is 21.7 Å². The molecule has 0 amide bonds. The number of hydrogen-bond acceptors (Lipinski definition) is 1. The average Bonchev–Trinajstić information content (AvgIpc) is 2.87. The SMILES string of the molecule is C[Si](C)(O[Si](C)(C)C1CC1(F)F)C1CC1(F)F. The summed E-state index contributed by atoms with van der Waals surface area (Å²) >= 11 is 0. The van der Waals surface area contributed by atoms with Gasteiger partial charge in [-0.05, 0) is 26.2 Å². The summed E-state index contributed by atoms with van der Waals surface area (Å²) in [6.07, 6.45) is -0.254. The molecule has 17 heavy (non-hydrogen) atoms. The van der Waals surface area contributed by atoms with Gasteiger partial charge in [-0.25, -0.2) is 17.6 Å². The van der Waals surface area contributed by atoms with E-state index in [4.69, 9.17) is 4.12 Å². The van der Waals surface area contributed by atoms with Crippen molar-refractivity contribution in [1.29, 1.82) is 0 Å². The molecule has 100 valence electrons. The third-order valence-electron chi connectivity index (χ3n) is 3.86. The van der Waals surface area contributed by atoms with Crippen molar-refractivity contribution in [1.82, 2.24) is 0 Å². The largest absolute Gasteiger partial charge is 0.455 e. The molecule has 0 aromatic heterocycles. The van der Waals surface area contributed by atoms with Crippen molar-refractivity contribution in [2.24, 2.45) is 0 Å². The zero-order valence-corrected chi connectivity index (χ0v) is 12.5. The van der Waals surface area contributed by atoms with E-state index in [2.05, 4.69) is 0 Å². The van der Waals surface area contributed by atoms with Crippen LogP contribution in [0.5, 0.6) is 0 Å². The second kappa shape index (κ2) is 3.36. The molecule has 0 saturated heterocycles. The molecular weight excluding hydrogens is 268 g/mol. The minimum atomic E-state index is -2.62.